The Morgan fingerprint density at radius 1 is 1.30 bits per heavy atom. The number of nitrogens with zero attached hydrogens (tertiary/aromatic N) is 3. The topological polar surface area (TPSA) is 40.1 Å². The predicted octanol–water partition coefficient (Wildman–Crippen LogP) is 0.621. The van der Waals surface area contributed by atoms with Crippen molar-refractivity contribution in [1.82, 2.24) is 15.1 Å². The van der Waals surface area contributed by atoms with Crippen LogP contribution in [-0.4, -0.2) is 74.8 Å². The van der Waals surface area contributed by atoms with E-state index in [1.165, 1.54) is 12.8 Å². The summed E-state index contributed by atoms with van der Waals surface area (Å²) < 4.78 is 6.04. The fraction of sp³-hybridized carbons (Fsp3) is 0.933. The summed E-state index contributed by atoms with van der Waals surface area (Å²) in [6, 6.07) is 0.508. The summed E-state index contributed by atoms with van der Waals surface area (Å²) in [5, 5.41) is 3.53. The second-order valence-electron chi connectivity index (χ2n) is 6.76. The van der Waals surface area contributed by atoms with Gasteiger partial charge in [0.25, 0.3) is 0 Å². The number of likely N-dealkylation sites (tertiary alicyclic amines) is 1. The average molecular weight is 280 g/mol. The van der Waals surface area contributed by atoms with Crippen LogP contribution in [0, 0.1) is 11.8 Å². The fourth-order valence-electron chi connectivity index (χ4n) is 3.89. The third kappa shape index (κ3) is 2.42. The van der Waals surface area contributed by atoms with E-state index in [0.717, 1.165) is 37.4 Å². The monoisotopic (exact) mass is 280 g/mol. The Bertz CT molecular complexity index is 366. The Morgan fingerprint density at radius 3 is 2.40 bits per heavy atom. The first-order valence-corrected chi connectivity index (χ1v) is 7.87. The molecular formula is C15H28N4O. The summed E-state index contributed by atoms with van der Waals surface area (Å²) in [6.07, 6.45) is 3.58. The van der Waals surface area contributed by atoms with Gasteiger partial charge in [-0.15, -0.1) is 0 Å². The zero-order chi connectivity index (χ0) is 14.3. The van der Waals surface area contributed by atoms with Crippen LogP contribution in [0.1, 0.15) is 19.8 Å². The largest absolute Gasteiger partial charge is 0.374 e. The zero-order valence-electron chi connectivity index (χ0n) is 13.2. The van der Waals surface area contributed by atoms with Gasteiger partial charge in [0.15, 0.2) is 5.96 Å². The molecule has 5 nitrogen and oxygen atoms in total. The summed E-state index contributed by atoms with van der Waals surface area (Å²) in [5.74, 6) is 2.53. The maximum absolute atomic E-state index is 6.04. The molecule has 5 heteroatoms. The molecule has 3 aliphatic rings. The fourth-order valence-corrected chi connectivity index (χ4v) is 3.89. The van der Waals surface area contributed by atoms with Crippen LogP contribution in [0.3, 0.4) is 0 Å². The van der Waals surface area contributed by atoms with Crippen LogP contribution in [0.25, 0.3) is 0 Å². The highest BCUT2D eigenvalue weighted by atomic mass is 16.5. The van der Waals surface area contributed by atoms with E-state index in [4.69, 9.17) is 4.74 Å². The van der Waals surface area contributed by atoms with Crippen molar-refractivity contribution < 1.29 is 4.74 Å². The van der Waals surface area contributed by atoms with Gasteiger partial charge >= 0.3 is 0 Å². The summed E-state index contributed by atoms with van der Waals surface area (Å²) >= 11 is 0. The van der Waals surface area contributed by atoms with Crippen LogP contribution in [0.4, 0.5) is 0 Å². The lowest BCUT2D eigenvalue weighted by Crippen LogP contribution is -2.46. The van der Waals surface area contributed by atoms with Crippen LogP contribution in [0.5, 0.6) is 0 Å². The number of guanidine groups is 1. The second kappa shape index (κ2) is 5.53. The molecule has 0 amide bonds. The quantitative estimate of drug-likeness (QED) is 0.608. The van der Waals surface area contributed by atoms with Gasteiger partial charge in [-0.1, -0.05) is 0 Å². The van der Waals surface area contributed by atoms with Crippen LogP contribution in [0.15, 0.2) is 4.99 Å². The number of nitrogens with one attached hydrogen (secondary N) is 1. The van der Waals surface area contributed by atoms with Crippen molar-refractivity contribution in [2.45, 2.75) is 38.0 Å². The van der Waals surface area contributed by atoms with Gasteiger partial charge in [-0.3, -0.25) is 4.99 Å². The Hall–Kier alpha value is -0.810. The van der Waals surface area contributed by atoms with Crippen molar-refractivity contribution in [2.75, 3.05) is 40.8 Å². The summed E-state index contributed by atoms with van der Waals surface area (Å²) in [5.41, 5.74) is 0. The van der Waals surface area contributed by atoms with Gasteiger partial charge in [0.2, 0.25) is 0 Å². The maximum Gasteiger partial charge on any atom is 0.193 e. The van der Waals surface area contributed by atoms with Gasteiger partial charge in [0.05, 0.1) is 12.2 Å². The molecule has 0 aromatic carbocycles. The first-order valence-electron chi connectivity index (χ1n) is 7.87. The van der Waals surface area contributed by atoms with Crippen molar-refractivity contribution in [2.24, 2.45) is 16.8 Å². The minimum absolute atomic E-state index is 0.508. The number of hydrogen-bond acceptors (Lipinski definition) is 3. The van der Waals surface area contributed by atoms with Gasteiger partial charge < -0.3 is 19.9 Å². The highest BCUT2D eigenvalue weighted by molar-refractivity contribution is 5.80. The first-order chi connectivity index (χ1) is 9.60. The normalized spacial score (nSPS) is 37.6. The Labute approximate surface area is 122 Å². The number of hydrogen-bond donors (Lipinski definition) is 1. The highest BCUT2D eigenvalue weighted by Crippen LogP contribution is 2.47. The molecular weight excluding hydrogens is 252 g/mol. The molecule has 2 bridgehead atoms. The molecule has 3 fully saturated rings. The van der Waals surface area contributed by atoms with E-state index >= 15 is 0 Å². The standard InChI is InChI=1S/C15H28N4O/c1-10(18(3)4)7-17-15(16-2)19-8-11-12(9-19)14-6-5-13(11)20-14/h10-14H,5-9H2,1-4H3,(H,16,17). The zero-order valence-corrected chi connectivity index (χ0v) is 13.2. The van der Waals surface area contributed by atoms with Crippen LogP contribution in [0.2, 0.25) is 0 Å². The Balaban J connectivity index is 1.56. The van der Waals surface area contributed by atoms with Crippen molar-refractivity contribution in [1.29, 1.82) is 0 Å². The van der Waals surface area contributed by atoms with Gasteiger partial charge in [-0.25, -0.2) is 0 Å². The smallest absolute Gasteiger partial charge is 0.193 e. The molecule has 3 aliphatic heterocycles. The number of rotatable bonds is 3. The lowest BCUT2D eigenvalue weighted by atomic mass is 9.82. The highest BCUT2D eigenvalue weighted by Gasteiger charge is 2.53. The first kappa shape index (κ1) is 14.1. The molecule has 5 atom stereocenters. The SMILES string of the molecule is CN=C(NCC(C)N(C)C)N1CC2C3CCC(O3)C2C1. The minimum atomic E-state index is 0.508. The van der Waals surface area contributed by atoms with E-state index in [0.29, 0.717) is 18.2 Å². The molecule has 0 saturated carbocycles. The summed E-state index contributed by atoms with van der Waals surface area (Å²) in [7, 11) is 6.12. The molecule has 3 saturated heterocycles. The molecule has 3 rings (SSSR count). The lowest BCUT2D eigenvalue weighted by molar-refractivity contribution is 0.0767. The molecule has 0 aliphatic carbocycles. The number of aliphatic imine (C=N–C) groups is 1. The van der Waals surface area contributed by atoms with Crippen LogP contribution < -0.4 is 5.32 Å². The third-order valence-electron chi connectivity index (χ3n) is 5.40. The lowest BCUT2D eigenvalue weighted by Gasteiger charge is -2.26. The van der Waals surface area contributed by atoms with Gasteiger partial charge in [0.1, 0.15) is 0 Å². The maximum atomic E-state index is 6.04. The summed E-state index contributed by atoms with van der Waals surface area (Å²) in [6.45, 7) is 5.39. The molecule has 1 N–H and O–H groups in total. The van der Waals surface area contributed by atoms with Crippen LogP contribution >= 0.6 is 0 Å². The third-order valence-corrected chi connectivity index (χ3v) is 5.40. The van der Waals surface area contributed by atoms with E-state index in [2.05, 4.69) is 41.1 Å². The minimum Gasteiger partial charge on any atom is -0.374 e. The summed E-state index contributed by atoms with van der Waals surface area (Å²) in [4.78, 5) is 9.14. The molecule has 0 aromatic rings. The van der Waals surface area contributed by atoms with E-state index in [1.54, 1.807) is 0 Å². The molecule has 0 aromatic heterocycles. The number of ether oxygens (including phenoxy) is 1. The van der Waals surface area contributed by atoms with E-state index in [1.807, 2.05) is 7.05 Å². The van der Waals surface area contributed by atoms with E-state index in [9.17, 15) is 0 Å². The van der Waals surface area contributed by atoms with Crippen molar-refractivity contribution >= 4 is 5.96 Å². The van der Waals surface area contributed by atoms with E-state index < -0.39 is 0 Å². The molecule has 0 spiro atoms. The van der Waals surface area contributed by atoms with Gasteiger partial charge in [0, 0.05) is 44.6 Å². The van der Waals surface area contributed by atoms with Gasteiger partial charge in [-0.2, -0.15) is 0 Å². The predicted molar refractivity (Wildman–Crippen MR) is 81.0 cm³/mol. The van der Waals surface area contributed by atoms with E-state index in [-0.39, 0.29) is 0 Å². The average Bonchev–Trinajstić information content (AvgIpc) is 3.11. The number of likely N-dealkylation sites (N-methyl/N-ethyl adjacent to an activating group) is 1. The van der Waals surface area contributed by atoms with Crippen molar-refractivity contribution in [3.8, 4) is 0 Å². The second-order valence-corrected chi connectivity index (χ2v) is 6.76. The molecule has 20 heavy (non-hydrogen) atoms. The van der Waals surface area contributed by atoms with Crippen molar-refractivity contribution in [3.63, 3.8) is 0 Å². The number of fused-ring (bicyclic) bond motifs is 5. The van der Waals surface area contributed by atoms with Gasteiger partial charge in [-0.05, 0) is 33.9 Å². The van der Waals surface area contributed by atoms with Crippen LogP contribution in [-0.2, 0) is 4.74 Å². The molecule has 3 heterocycles. The van der Waals surface area contributed by atoms with Crippen molar-refractivity contribution in [3.05, 3.63) is 0 Å². The Kier molecular flexibility index (Phi) is 3.91. The Morgan fingerprint density at radius 2 is 1.90 bits per heavy atom. The molecule has 0 radical (unpaired) electrons. The molecule has 114 valence electrons. The molecule has 5 unspecified atom stereocenters.